The Balaban J connectivity index is 2.57. The smallest absolute Gasteiger partial charge is 0.358 e. The Hall–Kier alpha value is -1.69. The molecule has 1 aromatic heterocycles. The van der Waals surface area contributed by atoms with Gasteiger partial charge in [0, 0.05) is 6.54 Å². The van der Waals surface area contributed by atoms with Crippen molar-refractivity contribution in [2.75, 3.05) is 19.0 Å². The number of nitrogens with one attached hydrogen (secondary N) is 1. The molecule has 1 heterocycles. The average Bonchev–Trinajstić information content (AvgIpc) is 2.34. The first-order valence-electron chi connectivity index (χ1n) is 6.22. The third-order valence-electron chi connectivity index (χ3n) is 2.56. The van der Waals surface area contributed by atoms with Gasteiger partial charge in [0.2, 0.25) is 0 Å². The van der Waals surface area contributed by atoms with Gasteiger partial charge in [-0.1, -0.05) is 13.8 Å². The van der Waals surface area contributed by atoms with Crippen LogP contribution in [0.5, 0.6) is 0 Å². The van der Waals surface area contributed by atoms with Gasteiger partial charge in [0.1, 0.15) is 5.82 Å². The molecule has 6 nitrogen and oxygen atoms in total. The molecule has 19 heavy (non-hydrogen) atoms. The van der Waals surface area contributed by atoms with Crippen LogP contribution >= 0.6 is 0 Å². The zero-order chi connectivity index (χ0) is 14.5. The number of nitrogens with zero attached hydrogens (tertiary/aromatic N) is 2. The van der Waals surface area contributed by atoms with Gasteiger partial charge in [-0.25, -0.2) is 4.79 Å². The fraction of sp³-hybridized carbons (Fsp3) is 0.615. The summed E-state index contributed by atoms with van der Waals surface area (Å²) in [6.45, 7) is 6.26. The molecule has 0 radical (unpaired) electrons. The minimum Gasteiger partial charge on any atom is -0.464 e. The molecule has 1 rings (SSSR count). The molecule has 0 bridgehead atoms. The highest BCUT2D eigenvalue weighted by Gasteiger charge is 2.21. The lowest BCUT2D eigenvalue weighted by Gasteiger charge is -2.25. The number of ether oxygens (including phenoxy) is 1. The highest BCUT2D eigenvalue weighted by Crippen LogP contribution is 2.16. The van der Waals surface area contributed by atoms with E-state index in [1.165, 1.54) is 13.2 Å². The number of esters is 1. The molecule has 0 aliphatic rings. The van der Waals surface area contributed by atoms with E-state index >= 15 is 0 Å². The third-order valence-corrected chi connectivity index (χ3v) is 2.56. The van der Waals surface area contributed by atoms with Gasteiger partial charge in [-0.3, -0.25) is 0 Å². The highest BCUT2D eigenvalue weighted by atomic mass is 16.5. The van der Waals surface area contributed by atoms with E-state index in [1.807, 2.05) is 0 Å². The molecule has 0 aromatic carbocycles. The van der Waals surface area contributed by atoms with Crippen molar-refractivity contribution in [3.05, 3.63) is 17.8 Å². The first-order chi connectivity index (χ1) is 8.84. The number of rotatable bonds is 6. The maximum atomic E-state index is 11.2. The number of aliphatic hydroxyl groups is 1. The van der Waals surface area contributed by atoms with Gasteiger partial charge in [-0.05, 0) is 31.4 Å². The molecule has 106 valence electrons. The van der Waals surface area contributed by atoms with Crippen molar-refractivity contribution in [3.8, 4) is 0 Å². The zero-order valence-electron chi connectivity index (χ0n) is 11.8. The molecule has 1 atom stereocenters. The Morgan fingerprint density at radius 2 is 2.16 bits per heavy atom. The lowest BCUT2D eigenvalue weighted by molar-refractivity contribution is 0.0513. The van der Waals surface area contributed by atoms with E-state index in [1.54, 1.807) is 13.0 Å². The van der Waals surface area contributed by atoms with Crippen LogP contribution in [0.4, 0.5) is 5.82 Å². The molecule has 0 aliphatic heterocycles. The van der Waals surface area contributed by atoms with E-state index in [2.05, 4.69) is 34.1 Å². The van der Waals surface area contributed by atoms with Gasteiger partial charge in [-0.2, -0.15) is 0 Å². The van der Waals surface area contributed by atoms with Crippen molar-refractivity contribution in [2.24, 2.45) is 5.92 Å². The van der Waals surface area contributed by atoms with Crippen LogP contribution in [0.15, 0.2) is 12.1 Å². The SMILES string of the molecule is COC(=O)c1ccc(NCC(C)(O)CC(C)C)nn1. The lowest BCUT2D eigenvalue weighted by atomic mass is 9.94. The first-order valence-corrected chi connectivity index (χ1v) is 6.22. The van der Waals surface area contributed by atoms with Crippen LogP contribution < -0.4 is 5.32 Å². The molecule has 0 fully saturated rings. The van der Waals surface area contributed by atoms with Gasteiger partial charge in [0.05, 0.1) is 12.7 Å². The Kier molecular flexibility index (Phi) is 5.23. The minimum atomic E-state index is -0.809. The topological polar surface area (TPSA) is 84.3 Å². The molecule has 0 amide bonds. The Bertz CT molecular complexity index is 416. The molecular formula is C13H21N3O3. The van der Waals surface area contributed by atoms with Crippen molar-refractivity contribution >= 4 is 11.8 Å². The van der Waals surface area contributed by atoms with Crippen molar-refractivity contribution in [3.63, 3.8) is 0 Å². The normalized spacial score (nSPS) is 14.0. The van der Waals surface area contributed by atoms with Crippen molar-refractivity contribution in [2.45, 2.75) is 32.8 Å². The molecule has 0 saturated carbocycles. The Labute approximate surface area is 113 Å². The summed E-state index contributed by atoms with van der Waals surface area (Å²) < 4.78 is 4.53. The maximum absolute atomic E-state index is 11.2. The summed E-state index contributed by atoms with van der Waals surface area (Å²) in [5.41, 5.74) is -0.654. The van der Waals surface area contributed by atoms with E-state index in [4.69, 9.17) is 0 Å². The molecule has 1 aromatic rings. The van der Waals surface area contributed by atoms with E-state index < -0.39 is 11.6 Å². The molecular weight excluding hydrogens is 246 g/mol. The van der Waals surface area contributed by atoms with Gasteiger partial charge in [0.15, 0.2) is 5.69 Å². The second-order valence-electron chi connectivity index (χ2n) is 5.24. The van der Waals surface area contributed by atoms with Crippen molar-refractivity contribution < 1.29 is 14.6 Å². The van der Waals surface area contributed by atoms with Crippen LogP contribution in [0, 0.1) is 5.92 Å². The summed E-state index contributed by atoms with van der Waals surface area (Å²) in [6.07, 6.45) is 0.688. The molecule has 0 aliphatic carbocycles. The number of carbonyl (C=O) groups excluding carboxylic acids is 1. The van der Waals surface area contributed by atoms with Crippen LogP contribution in [0.2, 0.25) is 0 Å². The summed E-state index contributed by atoms with van der Waals surface area (Å²) in [5, 5.41) is 20.7. The first kappa shape index (κ1) is 15.4. The Morgan fingerprint density at radius 3 is 2.63 bits per heavy atom. The van der Waals surface area contributed by atoms with Crippen molar-refractivity contribution in [1.29, 1.82) is 0 Å². The second-order valence-corrected chi connectivity index (χ2v) is 5.24. The van der Waals surface area contributed by atoms with Gasteiger partial charge < -0.3 is 15.2 Å². The summed E-state index contributed by atoms with van der Waals surface area (Å²) >= 11 is 0. The number of hydrogen-bond donors (Lipinski definition) is 2. The molecule has 0 spiro atoms. The Morgan fingerprint density at radius 1 is 1.47 bits per heavy atom. The fourth-order valence-electron chi connectivity index (χ4n) is 1.87. The van der Waals surface area contributed by atoms with Crippen LogP contribution in [0.1, 0.15) is 37.7 Å². The molecule has 1 unspecified atom stereocenters. The van der Waals surface area contributed by atoms with Crippen LogP contribution in [-0.2, 0) is 4.74 Å². The molecule has 0 saturated heterocycles. The monoisotopic (exact) mass is 267 g/mol. The highest BCUT2D eigenvalue weighted by molar-refractivity contribution is 5.86. The van der Waals surface area contributed by atoms with E-state index in [9.17, 15) is 9.90 Å². The summed E-state index contributed by atoms with van der Waals surface area (Å²) in [6, 6.07) is 3.16. The second kappa shape index (κ2) is 6.47. The van der Waals surface area contributed by atoms with Gasteiger partial charge in [0.25, 0.3) is 0 Å². The predicted octanol–water partition coefficient (Wildman–Crippen LogP) is 1.47. The van der Waals surface area contributed by atoms with E-state index in [0.29, 0.717) is 24.7 Å². The predicted molar refractivity (Wildman–Crippen MR) is 71.9 cm³/mol. The fourth-order valence-corrected chi connectivity index (χ4v) is 1.87. The number of anilines is 1. The molecule has 2 N–H and O–H groups in total. The van der Waals surface area contributed by atoms with Gasteiger partial charge in [-0.15, -0.1) is 10.2 Å². The summed E-state index contributed by atoms with van der Waals surface area (Å²) in [5.74, 6) is 0.395. The number of hydrogen-bond acceptors (Lipinski definition) is 6. The van der Waals surface area contributed by atoms with Crippen molar-refractivity contribution in [1.82, 2.24) is 10.2 Å². The van der Waals surface area contributed by atoms with Crippen LogP contribution in [0.25, 0.3) is 0 Å². The third kappa shape index (κ3) is 5.21. The largest absolute Gasteiger partial charge is 0.464 e. The maximum Gasteiger partial charge on any atom is 0.358 e. The van der Waals surface area contributed by atoms with E-state index in [-0.39, 0.29) is 5.69 Å². The lowest BCUT2D eigenvalue weighted by Crippen LogP contribution is -2.35. The van der Waals surface area contributed by atoms with E-state index in [0.717, 1.165) is 0 Å². The standard InChI is InChI=1S/C13H21N3O3/c1-9(2)7-13(3,18)8-14-11-6-5-10(15-16-11)12(17)19-4/h5-6,9,18H,7-8H2,1-4H3,(H,14,16). The van der Waals surface area contributed by atoms with Gasteiger partial charge >= 0.3 is 5.97 Å². The number of carbonyl (C=O) groups is 1. The minimum absolute atomic E-state index is 0.155. The number of methoxy groups -OCH3 is 1. The summed E-state index contributed by atoms with van der Waals surface area (Å²) in [4.78, 5) is 11.2. The quantitative estimate of drug-likeness (QED) is 0.759. The van der Waals surface area contributed by atoms with Crippen LogP contribution in [0.3, 0.4) is 0 Å². The zero-order valence-corrected chi connectivity index (χ0v) is 11.8. The number of aromatic nitrogens is 2. The molecule has 6 heteroatoms. The average molecular weight is 267 g/mol. The van der Waals surface area contributed by atoms with Crippen LogP contribution in [-0.4, -0.2) is 40.5 Å². The summed E-state index contributed by atoms with van der Waals surface area (Å²) in [7, 11) is 1.29.